The number of hydrogen-bond donors (Lipinski definition) is 3. The minimum absolute atomic E-state index is 0.376. The zero-order valence-electron chi connectivity index (χ0n) is 7.58. The predicted molar refractivity (Wildman–Crippen MR) is 60.7 cm³/mol. The molecular weight excluding hydrogens is 219 g/mol. The Labute approximate surface area is 85.5 Å². The third-order valence-electron chi connectivity index (χ3n) is 1.59. The molecule has 0 bridgehead atoms. The molecule has 0 saturated carbocycles. The summed E-state index contributed by atoms with van der Waals surface area (Å²) in [5, 5.41) is 0. The van der Waals surface area contributed by atoms with Crippen molar-refractivity contribution in [1.82, 2.24) is 0 Å². The van der Waals surface area contributed by atoms with Gasteiger partial charge in [0.2, 0.25) is 0 Å². The van der Waals surface area contributed by atoms with E-state index < -0.39 is 16.8 Å². The van der Waals surface area contributed by atoms with Crippen molar-refractivity contribution in [3.05, 3.63) is 43.0 Å². The van der Waals surface area contributed by atoms with Gasteiger partial charge in [-0.1, -0.05) is 34.3 Å². The summed E-state index contributed by atoms with van der Waals surface area (Å²) >= 11 is 0. The van der Waals surface area contributed by atoms with Gasteiger partial charge in [-0.3, -0.25) is 0 Å². The highest BCUT2D eigenvalue weighted by atomic mass is 32.5. The highest BCUT2D eigenvalue weighted by Crippen LogP contribution is 2.39. The molecule has 0 aliphatic rings. The summed E-state index contributed by atoms with van der Waals surface area (Å²) in [5.41, 5.74) is 0. The summed E-state index contributed by atoms with van der Waals surface area (Å²) in [6.07, 6.45) is 1.58. The van der Waals surface area contributed by atoms with Crippen LogP contribution >= 0.6 is 6.72 Å². The van der Waals surface area contributed by atoms with E-state index in [2.05, 4.69) is 6.58 Å². The Hall–Kier alpha value is -0.380. The summed E-state index contributed by atoms with van der Waals surface area (Å²) in [4.78, 5) is 28.5. The molecule has 0 aliphatic heterocycles. The molecule has 0 heterocycles. The van der Waals surface area contributed by atoms with Crippen molar-refractivity contribution < 1.29 is 14.7 Å². The van der Waals surface area contributed by atoms with Crippen LogP contribution in [0.15, 0.2) is 47.9 Å². The SMILES string of the molecule is C=CCS(c1ccccc1)=P(O)(O)O. The van der Waals surface area contributed by atoms with Gasteiger partial charge in [0.1, 0.15) is 0 Å². The van der Waals surface area contributed by atoms with Gasteiger partial charge in [0.05, 0.1) is 0 Å². The Bertz CT molecular complexity index is 361. The summed E-state index contributed by atoms with van der Waals surface area (Å²) < 4.78 is 0. The molecule has 1 rings (SSSR count). The highest BCUT2D eigenvalue weighted by Gasteiger charge is 2.12. The quantitative estimate of drug-likeness (QED) is 0.546. The molecule has 1 aromatic rings. The zero-order valence-corrected chi connectivity index (χ0v) is 9.29. The van der Waals surface area contributed by atoms with E-state index in [9.17, 15) is 14.7 Å². The van der Waals surface area contributed by atoms with Gasteiger partial charge in [-0.15, -0.1) is 6.58 Å². The third-order valence-corrected chi connectivity index (χ3v) is 6.40. The Balaban J connectivity index is 3.22. The molecule has 1 aromatic carbocycles. The largest absolute Gasteiger partial charge is 0.328 e. The molecule has 0 radical (unpaired) electrons. The lowest BCUT2D eigenvalue weighted by Gasteiger charge is -2.13. The summed E-state index contributed by atoms with van der Waals surface area (Å²) in [5.74, 6) is 0.376. The second-order valence-electron chi connectivity index (χ2n) is 2.65. The molecule has 0 aliphatic carbocycles. The molecule has 0 spiro atoms. The van der Waals surface area contributed by atoms with E-state index in [1.165, 1.54) is 0 Å². The van der Waals surface area contributed by atoms with Crippen molar-refractivity contribution in [1.29, 1.82) is 0 Å². The van der Waals surface area contributed by atoms with Gasteiger partial charge < -0.3 is 14.7 Å². The first kappa shape index (κ1) is 11.7. The topological polar surface area (TPSA) is 60.7 Å². The molecule has 3 N–H and O–H groups in total. The van der Waals surface area contributed by atoms with Gasteiger partial charge in [0.15, 0.2) is 0 Å². The van der Waals surface area contributed by atoms with Gasteiger partial charge in [-0.05, 0) is 12.1 Å². The molecule has 78 valence electrons. The van der Waals surface area contributed by atoms with Gasteiger partial charge in [-0.2, -0.15) is 0 Å². The van der Waals surface area contributed by atoms with Crippen molar-refractivity contribution in [3.8, 4) is 0 Å². The normalized spacial score (nSPS) is 13.6. The highest BCUT2D eigenvalue weighted by molar-refractivity contribution is 8.27. The first-order valence-electron chi connectivity index (χ1n) is 4.00. The van der Waals surface area contributed by atoms with Crippen LogP contribution in [0, 0.1) is 0 Å². The maximum Gasteiger partial charge on any atom is 0.281 e. The first-order chi connectivity index (χ1) is 6.55. The fourth-order valence-electron chi connectivity index (χ4n) is 1.03. The monoisotopic (exact) mass is 232 g/mol. The smallest absolute Gasteiger partial charge is 0.281 e. The Morgan fingerprint density at radius 2 is 1.79 bits per heavy atom. The number of rotatable bonds is 3. The van der Waals surface area contributed by atoms with Gasteiger partial charge in [0, 0.05) is 10.6 Å². The van der Waals surface area contributed by atoms with Crippen LogP contribution in [0.2, 0.25) is 0 Å². The average Bonchev–Trinajstić information content (AvgIpc) is 2.14. The van der Waals surface area contributed by atoms with Crippen molar-refractivity contribution in [3.63, 3.8) is 0 Å². The maximum absolute atomic E-state index is 9.25. The van der Waals surface area contributed by atoms with E-state index in [0.717, 1.165) is 4.90 Å². The second kappa shape index (κ2) is 4.91. The fraction of sp³-hybridized carbons (Fsp3) is 0.111. The molecule has 0 amide bonds. The minimum atomic E-state index is -3.81. The summed E-state index contributed by atoms with van der Waals surface area (Å²) in [6, 6.07) is 8.97. The van der Waals surface area contributed by atoms with E-state index in [4.69, 9.17) is 0 Å². The number of benzene rings is 1. The van der Waals surface area contributed by atoms with Crippen LogP contribution in [0.25, 0.3) is 0 Å². The van der Waals surface area contributed by atoms with Crippen molar-refractivity contribution >= 4 is 16.8 Å². The third kappa shape index (κ3) is 3.08. The predicted octanol–water partition coefficient (Wildman–Crippen LogP) is 1.50. The van der Waals surface area contributed by atoms with Crippen LogP contribution in [-0.2, 0) is 10.1 Å². The summed E-state index contributed by atoms with van der Waals surface area (Å²) in [7, 11) is -0.945. The van der Waals surface area contributed by atoms with E-state index in [0.29, 0.717) is 5.75 Å². The molecule has 1 unspecified atom stereocenters. The van der Waals surface area contributed by atoms with E-state index in [1.54, 1.807) is 30.3 Å². The van der Waals surface area contributed by atoms with Crippen molar-refractivity contribution in [2.75, 3.05) is 5.75 Å². The molecule has 0 fully saturated rings. The van der Waals surface area contributed by atoms with Gasteiger partial charge in [-0.25, -0.2) is 0 Å². The minimum Gasteiger partial charge on any atom is -0.328 e. The molecule has 14 heavy (non-hydrogen) atoms. The first-order valence-corrected chi connectivity index (χ1v) is 7.65. The van der Waals surface area contributed by atoms with Crippen LogP contribution in [-0.4, -0.2) is 20.4 Å². The van der Waals surface area contributed by atoms with Crippen molar-refractivity contribution in [2.45, 2.75) is 4.90 Å². The van der Waals surface area contributed by atoms with Gasteiger partial charge >= 0.3 is 0 Å². The fourth-order valence-corrected chi connectivity index (χ4v) is 4.53. The van der Waals surface area contributed by atoms with Crippen LogP contribution in [0.3, 0.4) is 0 Å². The van der Waals surface area contributed by atoms with Crippen molar-refractivity contribution in [2.24, 2.45) is 0 Å². The average molecular weight is 232 g/mol. The lowest BCUT2D eigenvalue weighted by molar-refractivity contribution is 0.362. The molecule has 1 atom stereocenters. The lowest BCUT2D eigenvalue weighted by atomic mass is 10.4. The van der Waals surface area contributed by atoms with Crippen LogP contribution in [0.5, 0.6) is 0 Å². The Morgan fingerprint density at radius 1 is 1.21 bits per heavy atom. The molecular formula is C9H13O3PS. The molecule has 0 saturated heterocycles. The molecule has 3 nitrogen and oxygen atoms in total. The van der Waals surface area contributed by atoms with Crippen LogP contribution in [0.4, 0.5) is 0 Å². The Morgan fingerprint density at radius 3 is 2.21 bits per heavy atom. The van der Waals surface area contributed by atoms with Crippen LogP contribution < -0.4 is 0 Å². The molecule has 5 heteroatoms. The maximum atomic E-state index is 9.25. The standard InChI is InChI=1S/C9H13O3PS/c1-2-8-14(13(10,11)12)9-6-4-3-5-7-9/h2-7,10-12H,1,8H2. The molecule has 0 aromatic heterocycles. The summed E-state index contributed by atoms with van der Waals surface area (Å²) in [6.45, 7) is -0.277. The Kier molecular flexibility index (Phi) is 4.11. The lowest BCUT2D eigenvalue weighted by Crippen LogP contribution is -1.98. The van der Waals surface area contributed by atoms with Crippen LogP contribution in [0.1, 0.15) is 0 Å². The number of hydrogen-bond acceptors (Lipinski definition) is 0. The van der Waals surface area contributed by atoms with E-state index in [-0.39, 0.29) is 0 Å². The van der Waals surface area contributed by atoms with E-state index >= 15 is 0 Å². The second-order valence-corrected chi connectivity index (χ2v) is 8.00. The van der Waals surface area contributed by atoms with E-state index in [1.807, 2.05) is 6.07 Å². The van der Waals surface area contributed by atoms with Gasteiger partial charge in [0.25, 0.3) is 6.72 Å². The zero-order chi connectivity index (χ0) is 10.6.